The Morgan fingerprint density at radius 2 is 2.07 bits per heavy atom. The Morgan fingerprint density at radius 1 is 1.25 bits per heavy atom. The average Bonchev–Trinajstić information content (AvgIpc) is 3.26. The first-order valence-electron chi connectivity index (χ1n) is 8.58. The van der Waals surface area contributed by atoms with Gasteiger partial charge >= 0.3 is 5.97 Å². The molecule has 0 saturated carbocycles. The normalized spacial score (nSPS) is 18.3. The van der Waals surface area contributed by atoms with Gasteiger partial charge < -0.3 is 14.6 Å². The van der Waals surface area contributed by atoms with Crippen LogP contribution in [0.2, 0.25) is 0 Å². The molecule has 0 aromatic heterocycles. The van der Waals surface area contributed by atoms with Gasteiger partial charge in [-0.25, -0.2) is 9.79 Å². The topological polar surface area (TPSA) is 88.4 Å². The number of carboxylic acids is 1. The van der Waals surface area contributed by atoms with Crippen LogP contribution in [0.3, 0.4) is 0 Å². The van der Waals surface area contributed by atoms with Crippen LogP contribution in [0.15, 0.2) is 52.4 Å². The number of amidine groups is 1. The summed E-state index contributed by atoms with van der Waals surface area (Å²) in [7, 11) is 0. The number of carboxylic acid groups (broad SMARTS) is 1. The first-order chi connectivity index (χ1) is 13.5. The number of benzene rings is 2. The maximum Gasteiger partial charge on any atom is 0.335 e. The molecule has 1 fully saturated rings. The maximum atomic E-state index is 12.8. The van der Waals surface area contributed by atoms with Gasteiger partial charge in [-0.2, -0.15) is 0 Å². The number of ether oxygens (including phenoxy) is 2. The number of hydrogen-bond acceptors (Lipinski definition) is 6. The van der Waals surface area contributed by atoms with Crippen LogP contribution in [0.4, 0.5) is 5.69 Å². The van der Waals surface area contributed by atoms with Crippen molar-refractivity contribution >= 4 is 40.6 Å². The van der Waals surface area contributed by atoms with Crippen molar-refractivity contribution in [2.24, 2.45) is 4.99 Å². The van der Waals surface area contributed by atoms with Gasteiger partial charge in [-0.3, -0.25) is 9.69 Å². The lowest BCUT2D eigenvalue weighted by Gasteiger charge is -2.12. The Balaban J connectivity index is 1.64. The molecule has 7 nitrogen and oxygen atoms in total. The monoisotopic (exact) mass is 396 g/mol. The molecule has 4 rings (SSSR count). The van der Waals surface area contributed by atoms with Crippen LogP contribution in [-0.2, 0) is 4.79 Å². The molecule has 0 atom stereocenters. The highest BCUT2D eigenvalue weighted by Crippen LogP contribution is 2.37. The largest absolute Gasteiger partial charge is 0.478 e. The van der Waals surface area contributed by atoms with Crippen LogP contribution >= 0.6 is 11.8 Å². The molecule has 28 heavy (non-hydrogen) atoms. The van der Waals surface area contributed by atoms with E-state index in [0.29, 0.717) is 33.8 Å². The highest BCUT2D eigenvalue weighted by Gasteiger charge is 2.32. The van der Waals surface area contributed by atoms with Gasteiger partial charge in [0.1, 0.15) is 0 Å². The molecule has 8 heteroatoms. The molecule has 2 aromatic carbocycles. The number of aliphatic imine (C=N–C) groups is 1. The van der Waals surface area contributed by atoms with E-state index in [-0.39, 0.29) is 18.3 Å². The molecule has 1 saturated heterocycles. The number of hydrogen-bond donors (Lipinski definition) is 1. The van der Waals surface area contributed by atoms with Crippen LogP contribution in [0.25, 0.3) is 6.08 Å². The summed E-state index contributed by atoms with van der Waals surface area (Å²) in [5.41, 5.74) is 1.46. The van der Waals surface area contributed by atoms with Gasteiger partial charge in [0.05, 0.1) is 16.2 Å². The average molecular weight is 396 g/mol. The van der Waals surface area contributed by atoms with Gasteiger partial charge in [-0.05, 0) is 60.7 Å². The van der Waals surface area contributed by atoms with Crippen LogP contribution in [0.1, 0.15) is 22.8 Å². The van der Waals surface area contributed by atoms with Crippen LogP contribution in [-0.4, -0.2) is 40.4 Å². The van der Waals surface area contributed by atoms with Gasteiger partial charge in [0.25, 0.3) is 5.91 Å². The summed E-state index contributed by atoms with van der Waals surface area (Å²) in [5.74, 6) is 0.172. The zero-order valence-electron chi connectivity index (χ0n) is 14.9. The molecule has 0 radical (unpaired) electrons. The first-order valence-corrected chi connectivity index (χ1v) is 9.40. The maximum absolute atomic E-state index is 12.8. The molecular formula is C20H16N2O5S. The fraction of sp³-hybridized carbons (Fsp3) is 0.150. The van der Waals surface area contributed by atoms with E-state index in [0.717, 1.165) is 5.56 Å². The molecule has 2 aromatic rings. The van der Waals surface area contributed by atoms with Gasteiger partial charge in [0.2, 0.25) is 6.79 Å². The number of rotatable bonds is 4. The smallest absolute Gasteiger partial charge is 0.335 e. The van der Waals surface area contributed by atoms with Crippen LogP contribution in [0, 0.1) is 0 Å². The van der Waals surface area contributed by atoms with Gasteiger partial charge in [-0.1, -0.05) is 12.1 Å². The number of aromatic carboxylic acids is 1. The van der Waals surface area contributed by atoms with Gasteiger partial charge in [-0.15, -0.1) is 0 Å². The molecular weight excluding hydrogens is 380 g/mol. The third kappa shape index (κ3) is 3.46. The second-order valence-corrected chi connectivity index (χ2v) is 7.03. The molecule has 2 aliphatic heterocycles. The molecule has 1 N–H and O–H groups in total. The molecule has 0 bridgehead atoms. The molecule has 0 unspecified atom stereocenters. The zero-order valence-corrected chi connectivity index (χ0v) is 15.7. The van der Waals surface area contributed by atoms with Crippen molar-refractivity contribution in [2.75, 3.05) is 13.3 Å². The second kappa shape index (κ2) is 7.40. The molecule has 2 heterocycles. The summed E-state index contributed by atoms with van der Waals surface area (Å²) in [5, 5.41) is 9.65. The minimum absolute atomic E-state index is 0.140. The van der Waals surface area contributed by atoms with E-state index >= 15 is 0 Å². The highest BCUT2D eigenvalue weighted by atomic mass is 32.2. The highest BCUT2D eigenvalue weighted by molar-refractivity contribution is 8.18. The summed E-state index contributed by atoms with van der Waals surface area (Å²) in [6, 6.07) is 11.8. The van der Waals surface area contributed by atoms with Crippen molar-refractivity contribution in [3.8, 4) is 11.5 Å². The molecule has 0 aliphatic carbocycles. The van der Waals surface area contributed by atoms with E-state index in [4.69, 9.17) is 14.6 Å². The zero-order chi connectivity index (χ0) is 19.7. The third-order valence-electron chi connectivity index (χ3n) is 4.22. The molecule has 142 valence electrons. The third-order valence-corrected chi connectivity index (χ3v) is 5.22. The minimum atomic E-state index is -1.02. The Labute approximate surface area is 165 Å². The Kier molecular flexibility index (Phi) is 4.79. The van der Waals surface area contributed by atoms with Crippen molar-refractivity contribution in [3.63, 3.8) is 0 Å². The lowest BCUT2D eigenvalue weighted by atomic mass is 10.2. The quantitative estimate of drug-likeness (QED) is 0.792. The molecule has 0 spiro atoms. The number of carbonyl (C=O) groups excluding carboxylic acids is 1. The number of thioether (sulfide) groups is 1. The van der Waals surface area contributed by atoms with Crippen molar-refractivity contribution in [1.29, 1.82) is 0 Å². The van der Waals surface area contributed by atoms with E-state index in [9.17, 15) is 9.59 Å². The molecule has 1 amide bonds. The Bertz CT molecular complexity index is 1030. The Morgan fingerprint density at radius 3 is 2.86 bits per heavy atom. The number of carbonyl (C=O) groups is 2. The van der Waals surface area contributed by atoms with E-state index in [1.54, 1.807) is 23.1 Å². The predicted molar refractivity (Wildman–Crippen MR) is 106 cm³/mol. The molecule has 2 aliphatic rings. The summed E-state index contributed by atoms with van der Waals surface area (Å²) in [4.78, 5) is 30.5. The van der Waals surface area contributed by atoms with E-state index in [1.165, 1.54) is 23.9 Å². The summed E-state index contributed by atoms with van der Waals surface area (Å²) >= 11 is 1.26. The summed E-state index contributed by atoms with van der Waals surface area (Å²) < 4.78 is 10.7. The predicted octanol–water partition coefficient (Wildman–Crippen LogP) is 3.74. The van der Waals surface area contributed by atoms with Crippen LogP contribution < -0.4 is 9.47 Å². The van der Waals surface area contributed by atoms with Crippen molar-refractivity contribution in [2.45, 2.75) is 6.92 Å². The lowest BCUT2D eigenvalue weighted by Crippen LogP contribution is -2.28. The van der Waals surface area contributed by atoms with Crippen molar-refractivity contribution < 1.29 is 24.2 Å². The standard InChI is InChI=1S/C20H16N2O5S/c1-2-22-18(23)17(9-12-6-7-15-16(8-12)27-11-26-15)28-20(22)21-14-5-3-4-13(10-14)19(24)25/h3-10H,2,11H2,1H3,(H,24,25)/b17-9-,21-20?. The van der Waals surface area contributed by atoms with E-state index < -0.39 is 5.97 Å². The van der Waals surface area contributed by atoms with Crippen molar-refractivity contribution in [3.05, 3.63) is 58.5 Å². The number of nitrogens with zero attached hydrogens (tertiary/aromatic N) is 2. The number of likely N-dealkylation sites (N-methyl/N-ethyl adjacent to an activating group) is 1. The fourth-order valence-electron chi connectivity index (χ4n) is 2.84. The number of fused-ring (bicyclic) bond motifs is 1. The van der Waals surface area contributed by atoms with E-state index in [2.05, 4.69) is 4.99 Å². The van der Waals surface area contributed by atoms with Crippen molar-refractivity contribution in [1.82, 2.24) is 4.90 Å². The van der Waals surface area contributed by atoms with E-state index in [1.807, 2.05) is 25.1 Å². The van der Waals surface area contributed by atoms with Gasteiger partial charge in [0, 0.05) is 6.54 Å². The first kappa shape index (κ1) is 18.1. The SMILES string of the molecule is CCN1C(=O)/C(=C/c2ccc3c(c2)OCO3)SC1=Nc1cccc(C(=O)O)c1. The summed E-state index contributed by atoms with van der Waals surface area (Å²) in [6.07, 6.45) is 1.79. The summed E-state index contributed by atoms with van der Waals surface area (Å²) in [6.45, 7) is 2.52. The Hall–Kier alpha value is -3.26. The second-order valence-electron chi connectivity index (χ2n) is 6.02. The number of amides is 1. The lowest BCUT2D eigenvalue weighted by molar-refractivity contribution is -0.122. The fourth-order valence-corrected chi connectivity index (χ4v) is 3.91. The minimum Gasteiger partial charge on any atom is -0.478 e. The van der Waals surface area contributed by atoms with Gasteiger partial charge in [0.15, 0.2) is 16.7 Å². The van der Waals surface area contributed by atoms with Crippen LogP contribution in [0.5, 0.6) is 11.5 Å².